The molecule has 1 aliphatic rings. The summed E-state index contributed by atoms with van der Waals surface area (Å²) in [6, 6.07) is 9.25. The highest BCUT2D eigenvalue weighted by molar-refractivity contribution is 9.10. The van der Waals surface area contributed by atoms with Crippen LogP contribution >= 0.6 is 15.9 Å². The molecule has 0 fully saturated rings. The number of amides is 2. The molecule has 2 amide bonds. The fraction of sp³-hybridized carbons (Fsp3) is 0.125. The number of carbonyl (C=O) groups is 2. The Balaban J connectivity index is 1.71. The lowest BCUT2D eigenvalue weighted by molar-refractivity contribution is -0.118. The van der Waals surface area contributed by atoms with E-state index in [0.29, 0.717) is 22.6 Å². The molecule has 2 N–H and O–H groups in total. The first-order valence-electron chi connectivity index (χ1n) is 6.82. The van der Waals surface area contributed by atoms with Gasteiger partial charge in [-0.1, -0.05) is 15.9 Å². The van der Waals surface area contributed by atoms with E-state index in [4.69, 9.17) is 4.74 Å². The van der Waals surface area contributed by atoms with Crippen LogP contribution in [0.1, 0.15) is 15.9 Å². The zero-order valence-electron chi connectivity index (χ0n) is 11.9. The number of anilines is 1. The topological polar surface area (TPSA) is 67.4 Å². The van der Waals surface area contributed by atoms with E-state index in [1.165, 1.54) is 6.07 Å². The van der Waals surface area contributed by atoms with Crippen molar-refractivity contribution in [2.45, 2.75) is 6.54 Å². The van der Waals surface area contributed by atoms with Crippen molar-refractivity contribution in [3.8, 4) is 5.75 Å². The molecule has 7 heteroatoms. The molecule has 0 aromatic heterocycles. The first-order chi connectivity index (χ1) is 11.0. The number of hydrogen-bond donors (Lipinski definition) is 2. The van der Waals surface area contributed by atoms with Crippen LogP contribution in [0.5, 0.6) is 5.75 Å². The molecule has 23 heavy (non-hydrogen) atoms. The molecule has 0 saturated heterocycles. The van der Waals surface area contributed by atoms with Gasteiger partial charge in [0.25, 0.3) is 11.8 Å². The van der Waals surface area contributed by atoms with Crippen molar-refractivity contribution in [3.63, 3.8) is 0 Å². The number of ether oxygens (including phenoxy) is 1. The highest BCUT2D eigenvalue weighted by Crippen LogP contribution is 2.28. The van der Waals surface area contributed by atoms with Gasteiger partial charge in [-0.05, 0) is 36.4 Å². The molecule has 5 nitrogen and oxygen atoms in total. The Morgan fingerprint density at radius 1 is 1.30 bits per heavy atom. The van der Waals surface area contributed by atoms with Crippen molar-refractivity contribution in [1.82, 2.24) is 5.32 Å². The highest BCUT2D eigenvalue weighted by atomic mass is 79.9. The molecular weight excluding hydrogens is 367 g/mol. The lowest BCUT2D eigenvalue weighted by atomic mass is 10.1. The number of hydrogen-bond acceptors (Lipinski definition) is 3. The minimum atomic E-state index is -0.384. The van der Waals surface area contributed by atoms with Crippen molar-refractivity contribution in [2.75, 3.05) is 11.9 Å². The van der Waals surface area contributed by atoms with E-state index in [2.05, 4.69) is 26.6 Å². The molecule has 0 saturated carbocycles. The van der Waals surface area contributed by atoms with Gasteiger partial charge in [0.05, 0.1) is 5.69 Å². The number of nitrogens with one attached hydrogen (secondary N) is 2. The van der Waals surface area contributed by atoms with Gasteiger partial charge in [-0.25, -0.2) is 4.39 Å². The van der Waals surface area contributed by atoms with Gasteiger partial charge in [-0.15, -0.1) is 0 Å². The number of rotatable bonds is 3. The van der Waals surface area contributed by atoms with Gasteiger partial charge in [-0.3, -0.25) is 9.59 Å². The molecule has 3 rings (SSSR count). The zero-order chi connectivity index (χ0) is 16.4. The van der Waals surface area contributed by atoms with Crippen LogP contribution in [0.25, 0.3) is 0 Å². The summed E-state index contributed by atoms with van der Waals surface area (Å²) in [5, 5.41) is 5.30. The largest absolute Gasteiger partial charge is 0.482 e. The quantitative estimate of drug-likeness (QED) is 0.862. The molecule has 1 heterocycles. The summed E-state index contributed by atoms with van der Waals surface area (Å²) < 4.78 is 19.7. The Kier molecular flexibility index (Phi) is 4.29. The molecule has 2 aromatic carbocycles. The summed E-state index contributed by atoms with van der Waals surface area (Å²) >= 11 is 3.26. The molecule has 0 spiro atoms. The Labute approximate surface area is 140 Å². The Morgan fingerprint density at radius 3 is 2.96 bits per heavy atom. The lowest BCUT2D eigenvalue weighted by Gasteiger charge is -2.18. The zero-order valence-corrected chi connectivity index (χ0v) is 13.4. The van der Waals surface area contributed by atoms with Crippen molar-refractivity contribution in [1.29, 1.82) is 0 Å². The second kappa shape index (κ2) is 6.37. The van der Waals surface area contributed by atoms with Crippen LogP contribution in [-0.4, -0.2) is 18.4 Å². The van der Waals surface area contributed by atoms with E-state index in [1.54, 1.807) is 30.3 Å². The third kappa shape index (κ3) is 3.50. The van der Waals surface area contributed by atoms with Gasteiger partial charge in [0, 0.05) is 22.1 Å². The van der Waals surface area contributed by atoms with Crippen LogP contribution in [0, 0.1) is 5.82 Å². The first kappa shape index (κ1) is 15.5. The van der Waals surface area contributed by atoms with E-state index in [9.17, 15) is 14.0 Å². The summed E-state index contributed by atoms with van der Waals surface area (Å²) in [4.78, 5) is 23.4. The maximum atomic E-state index is 13.7. The van der Waals surface area contributed by atoms with E-state index < -0.39 is 0 Å². The first-order valence-corrected chi connectivity index (χ1v) is 7.61. The molecule has 2 aromatic rings. The molecule has 0 atom stereocenters. The standard InChI is InChI=1S/C16H12BrFN2O3/c17-11-2-3-12(18)10(5-11)7-19-16(22)9-1-4-13-14(6-9)23-8-15(21)20-13/h1-6H,7-8H2,(H,19,22)(H,20,21). The fourth-order valence-corrected chi connectivity index (χ4v) is 2.58. The molecule has 118 valence electrons. The van der Waals surface area contributed by atoms with Crippen LogP contribution in [-0.2, 0) is 11.3 Å². The number of carbonyl (C=O) groups excluding carboxylic acids is 2. The highest BCUT2D eigenvalue weighted by Gasteiger charge is 2.18. The fourth-order valence-electron chi connectivity index (χ4n) is 2.17. The van der Waals surface area contributed by atoms with E-state index in [-0.39, 0.29) is 30.8 Å². The summed E-state index contributed by atoms with van der Waals surface area (Å²) in [6.07, 6.45) is 0. The van der Waals surface area contributed by atoms with E-state index in [1.807, 2.05) is 0 Å². The predicted molar refractivity (Wildman–Crippen MR) is 85.8 cm³/mol. The maximum absolute atomic E-state index is 13.7. The molecule has 0 bridgehead atoms. The lowest BCUT2D eigenvalue weighted by Crippen LogP contribution is -2.27. The van der Waals surface area contributed by atoms with Crippen LogP contribution in [0.2, 0.25) is 0 Å². The second-order valence-electron chi connectivity index (χ2n) is 4.97. The monoisotopic (exact) mass is 378 g/mol. The minimum absolute atomic E-state index is 0.0682. The smallest absolute Gasteiger partial charge is 0.262 e. The molecule has 0 radical (unpaired) electrons. The molecule has 0 unspecified atom stereocenters. The van der Waals surface area contributed by atoms with Crippen molar-refractivity contribution in [2.24, 2.45) is 0 Å². The SMILES string of the molecule is O=C1COc2cc(C(=O)NCc3cc(Br)ccc3F)ccc2N1. The van der Waals surface area contributed by atoms with Gasteiger partial charge < -0.3 is 15.4 Å². The normalized spacial score (nSPS) is 12.9. The molecular formula is C16H12BrFN2O3. The average Bonchev–Trinajstić information content (AvgIpc) is 2.55. The molecule has 0 aliphatic carbocycles. The van der Waals surface area contributed by atoms with Crippen LogP contribution in [0.4, 0.5) is 10.1 Å². The summed E-state index contributed by atoms with van der Waals surface area (Å²) in [7, 11) is 0. The third-order valence-corrected chi connectivity index (χ3v) is 3.82. The second-order valence-corrected chi connectivity index (χ2v) is 5.88. The Morgan fingerprint density at radius 2 is 2.13 bits per heavy atom. The van der Waals surface area contributed by atoms with E-state index >= 15 is 0 Å². The minimum Gasteiger partial charge on any atom is -0.482 e. The van der Waals surface area contributed by atoms with Gasteiger partial charge in [0.1, 0.15) is 11.6 Å². The summed E-state index contributed by atoms with van der Waals surface area (Å²) in [6.45, 7) is -0.0138. The summed E-state index contributed by atoms with van der Waals surface area (Å²) in [5.74, 6) is -0.539. The van der Waals surface area contributed by atoms with Crippen LogP contribution in [0.15, 0.2) is 40.9 Å². The average molecular weight is 379 g/mol. The Bertz CT molecular complexity index is 795. The van der Waals surface area contributed by atoms with Gasteiger partial charge in [0.15, 0.2) is 6.61 Å². The Hall–Kier alpha value is -2.41. The summed E-state index contributed by atoms with van der Waals surface area (Å²) in [5.41, 5.74) is 1.28. The predicted octanol–water partition coefficient (Wildman–Crippen LogP) is 2.85. The number of halogens is 2. The maximum Gasteiger partial charge on any atom is 0.262 e. The van der Waals surface area contributed by atoms with Crippen molar-refractivity contribution < 1.29 is 18.7 Å². The third-order valence-electron chi connectivity index (χ3n) is 3.32. The number of benzene rings is 2. The number of fused-ring (bicyclic) bond motifs is 1. The molecule has 1 aliphatic heterocycles. The van der Waals surface area contributed by atoms with Crippen LogP contribution < -0.4 is 15.4 Å². The van der Waals surface area contributed by atoms with Gasteiger partial charge in [-0.2, -0.15) is 0 Å². The van der Waals surface area contributed by atoms with Crippen LogP contribution in [0.3, 0.4) is 0 Å². The van der Waals surface area contributed by atoms with Crippen molar-refractivity contribution in [3.05, 3.63) is 57.8 Å². The van der Waals surface area contributed by atoms with Crippen molar-refractivity contribution >= 4 is 33.4 Å². The van der Waals surface area contributed by atoms with Gasteiger partial charge >= 0.3 is 0 Å². The van der Waals surface area contributed by atoms with Gasteiger partial charge in [0.2, 0.25) is 0 Å². The van der Waals surface area contributed by atoms with E-state index in [0.717, 1.165) is 4.47 Å².